The summed E-state index contributed by atoms with van der Waals surface area (Å²) in [6, 6.07) is 20.9. The molecular formula is C27H32F3N5O2. The Morgan fingerprint density at radius 2 is 1.68 bits per heavy atom. The highest BCUT2D eigenvalue weighted by Crippen LogP contribution is 2.27. The molecule has 2 aromatic rings. The molecule has 10 heteroatoms. The van der Waals surface area contributed by atoms with Crippen molar-refractivity contribution in [2.75, 3.05) is 25.5 Å². The summed E-state index contributed by atoms with van der Waals surface area (Å²) in [4.78, 5) is 27.8. The number of amides is 3. The first-order valence-corrected chi connectivity index (χ1v) is 11.9. The highest BCUT2D eigenvalue weighted by atomic mass is 19.4. The van der Waals surface area contributed by atoms with Gasteiger partial charge in [0.05, 0.1) is 18.2 Å². The van der Waals surface area contributed by atoms with Crippen LogP contribution < -0.4 is 16.0 Å². The molecule has 0 aromatic heterocycles. The fourth-order valence-electron chi connectivity index (χ4n) is 3.92. The van der Waals surface area contributed by atoms with Gasteiger partial charge in [-0.15, -0.1) is 0 Å². The number of para-hydroxylation sites is 1. The molecule has 0 fully saturated rings. The Morgan fingerprint density at radius 3 is 2.24 bits per heavy atom. The van der Waals surface area contributed by atoms with Gasteiger partial charge in [-0.05, 0) is 30.5 Å². The Labute approximate surface area is 215 Å². The normalized spacial score (nSPS) is 15.1. The van der Waals surface area contributed by atoms with Crippen molar-refractivity contribution in [2.45, 2.75) is 38.9 Å². The second-order valence-corrected chi connectivity index (χ2v) is 8.52. The molecule has 2 aromatic carbocycles. The van der Waals surface area contributed by atoms with E-state index in [1.807, 2.05) is 60.7 Å². The first-order valence-electron chi connectivity index (χ1n) is 11.9. The Hall–Kier alpha value is -4.00. The molecular weight excluding hydrogens is 483 g/mol. The monoisotopic (exact) mass is 515 g/mol. The molecule has 1 heterocycles. The molecule has 3 amide bonds. The number of hydrogen-bond donors (Lipinski definition) is 3. The van der Waals surface area contributed by atoms with E-state index >= 15 is 0 Å². The highest BCUT2D eigenvalue weighted by molar-refractivity contribution is 5.97. The molecule has 0 aliphatic carbocycles. The molecule has 37 heavy (non-hydrogen) atoms. The van der Waals surface area contributed by atoms with Crippen molar-refractivity contribution < 1.29 is 22.8 Å². The van der Waals surface area contributed by atoms with Crippen LogP contribution in [0, 0.1) is 17.2 Å². The minimum Gasteiger partial charge on any atom is -0.391 e. The summed E-state index contributed by atoms with van der Waals surface area (Å²) in [5, 5.41) is 18.0. The number of nitriles is 1. The van der Waals surface area contributed by atoms with Gasteiger partial charge in [0.25, 0.3) is 5.91 Å². The summed E-state index contributed by atoms with van der Waals surface area (Å²) in [6.45, 7) is 1.29. The first kappa shape index (κ1) is 29.2. The van der Waals surface area contributed by atoms with Gasteiger partial charge in [-0.25, -0.2) is 4.79 Å². The number of anilines is 1. The lowest BCUT2D eigenvalue weighted by atomic mass is 9.90. The fourth-order valence-corrected chi connectivity index (χ4v) is 3.92. The second-order valence-electron chi connectivity index (χ2n) is 8.52. The van der Waals surface area contributed by atoms with E-state index in [4.69, 9.17) is 5.26 Å². The SMILES string of the molecule is CC(F)(F)F.CNC1=C(C(=O)NCc2ccccc2)CN(C(=O)Nc2ccccc2)CC1CCCC#N. The van der Waals surface area contributed by atoms with E-state index in [2.05, 4.69) is 22.0 Å². The zero-order chi connectivity index (χ0) is 27.3. The van der Waals surface area contributed by atoms with Crippen LogP contribution in [0.1, 0.15) is 31.7 Å². The average molecular weight is 516 g/mol. The Balaban J connectivity index is 0.000000877. The molecule has 3 N–H and O–H groups in total. The molecule has 3 rings (SSSR count). The summed E-state index contributed by atoms with van der Waals surface area (Å²) in [5.74, 6) is -0.234. The molecule has 1 aliphatic rings. The van der Waals surface area contributed by atoms with Crippen molar-refractivity contribution in [1.82, 2.24) is 15.5 Å². The number of rotatable bonds is 8. The predicted molar refractivity (Wildman–Crippen MR) is 136 cm³/mol. The largest absolute Gasteiger partial charge is 0.391 e. The number of carbonyl (C=O) groups excluding carboxylic acids is 2. The van der Waals surface area contributed by atoms with Crippen LogP contribution in [0.15, 0.2) is 71.9 Å². The van der Waals surface area contributed by atoms with E-state index in [9.17, 15) is 22.8 Å². The zero-order valence-corrected chi connectivity index (χ0v) is 20.9. The van der Waals surface area contributed by atoms with Crippen LogP contribution in [0.5, 0.6) is 0 Å². The van der Waals surface area contributed by atoms with Crippen molar-refractivity contribution in [2.24, 2.45) is 5.92 Å². The summed E-state index contributed by atoms with van der Waals surface area (Å²) < 4.78 is 31.1. The van der Waals surface area contributed by atoms with E-state index in [0.717, 1.165) is 11.3 Å². The van der Waals surface area contributed by atoms with E-state index in [0.29, 0.717) is 43.6 Å². The molecule has 1 atom stereocenters. The molecule has 0 bridgehead atoms. The number of nitrogens with zero attached hydrogens (tertiary/aromatic N) is 2. The fraction of sp³-hybridized carbons (Fsp3) is 0.370. The topological polar surface area (TPSA) is 97.3 Å². The maximum Gasteiger partial charge on any atom is 0.386 e. The van der Waals surface area contributed by atoms with Gasteiger partial charge < -0.3 is 20.9 Å². The van der Waals surface area contributed by atoms with Gasteiger partial charge in [0.2, 0.25) is 0 Å². The number of alkyl halides is 3. The van der Waals surface area contributed by atoms with Crippen LogP contribution in [0.3, 0.4) is 0 Å². The number of unbranched alkanes of at least 4 members (excludes halogenated alkanes) is 1. The van der Waals surface area contributed by atoms with Gasteiger partial charge in [-0.1, -0.05) is 48.5 Å². The van der Waals surface area contributed by atoms with Gasteiger partial charge in [-0.3, -0.25) is 4.79 Å². The molecule has 1 unspecified atom stereocenters. The van der Waals surface area contributed by atoms with E-state index in [1.165, 1.54) is 0 Å². The number of benzene rings is 2. The van der Waals surface area contributed by atoms with Crippen LogP contribution in [0.4, 0.5) is 23.7 Å². The number of carbonyl (C=O) groups is 2. The third-order valence-corrected chi connectivity index (χ3v) is 5.52. The van der Waals surface area contributed by atoms with Crippen LogP contribution in [-0.4, -0.2) is 43.2 Å². The van der Waals surface area contributed by atoms with E-state index in [1.54, 1.807) is 11.9 Å². The number of urea groups is 1. The molecule has 198 valence electrons. The quantitative estimate of drug-likeness (QED) is 0.421. The number of hydrogen-bond acceptors (Lipinski definition) is 4. The Morgan fingerprint density at radius 1 is 1.08 bits per heavy atom. The number of nitrogens with one attached hydrogen (secondary N) is 3. The van der Waals surface area contributed by atoms with Crippen molar-refractivity contribution in [1.29, 1.82) is 5.26 Å². The zero-order valence-electron chi connectivity index (χ0n) is 20.9. The van der Waals surface area contributed by atoms with Crippen molar-refractivity contribution in [3.63, 3.8) is 0 Å². The lowest BCUT2D eigenvalue weighted by molar-refractivity contribution is -0.118. The second kappa shape index (κ2) is 14.5. The maximum atomic E-state index is 13.1. The molecule has 0 radical (unpaired) electrons. The third-order valence-electron chi connectivity index (χ3n) is 5.52. The summed E-state index contributed by atoms with van der Waals surface area (Å²) in [7, 11) is 1.80. The smallest absolute Gasteiger partial charge is 0.386 e. The van der Waals surface area contributed by atoms with Gasteiger partial charge >= 0.3 is 12.2 Å². The molecule has 0 saturated carbocycles. The van der Waals surface area contributed by atoms with E-state index in [-0.39, 0.29) is 31.3 Å². The lowest BCUT2D eigenvalue weighted by Crippen LogP contribution is -2.48. The molecule has 0 spiro atoms. The van der Waals surface area contributed by atoms with Crippen LogP contribution in [0.2, 0.25) is 0 Å². The summed E-state index contributed by atoms with van der Waals surface area (Å²) in [6.07, 6.45) is -2.13. The average Bonchev–Trinajstić information content (AvgIpc) is 2.87. The van der Waals surface area contributed by atoms with Crippen LogP contribution >= 0.6 is 0 Å². The molecule has 7 nitrogen and oxygen atoms in total. The maximum absolute atomic E-state index is 13.1. The molecule has 1 aliphatic heterocycles. The summed E-state index contributed by atoms with van der Waals surface area (Å²) in [5.41, 5.74) is 3.11. The number of halogens is 3. The van der Waals surface area contributed by atoms with Gasteiger partial charge in [0, 0.05) is 50.8 Å². The highest BCUT2D eigenvalue weighted by Gasteiger charge is 2.32. The first-order chi connectivity index (χ1) is 17.6. The van der Waals surface area contributed by atoms with Crippen LogP contribution in [0.25, 0.3) is 0 Å². The lowest BCUT2D eigenvalue weighted by Gasteiger charge is -2.36. The summed E-state index contributed by atoms with van der Waals surface area (Å²) >= 11 is 0. The minimum atomic E-state index is -4.00. The van der Waals surface area contributed by atoms with E-state index < -0.39 is 6.18 Å². The van der Waals surface area contributed by atoms with Gasteiger partial charge in [0.15, 0.2) is 0 Å². The molecule has 0 saturated heterocycles. The van der Waals surface area contributed by atoms with Gasteiger partial charge in [-0.2, -0.15) is 18.4 Å². The minimum absolute atomic E-state index is 0.0406. The van der Waals surface area contributed by atoms with Crippen molar-refractivity contribution in [3.8, 4) is 6.07 Å². The van der Waals surface area contributed by atoms with Crippen molar-refractivity contribution in [3.05, 3.63) is 77.5 Å². The van der Waals surface area contributed by atoms with Crippen LogP contribution in [-0.2, 0) is 11.3 Å². The third kappa shape index (κ3) is 10.7. The Bertz CT molecular complexity index is 1080. The van der Waals surface area contributed by atoms with Gasteiger partial charge in [0.1, 0.15) is 0 Å². The van der Waals surface area contributed by atoms with Crippen molar-refractivity contribution >= 4 is 17.6 Å². The Kier molecular flexibility index (Phi) is 11.5. The standard InChI is InChI=1S/C25H29N5O2.C2H3F3/c1-27-23-20(12-8-9-15-26)17-30(25(32)29-21-13-6-3-7-14-21)18-22(23)24(31)28-16-19-10-4-2-5-11-19;1-2(3,4)5/h2-7,10-11,13-14,20,27H,8-9,12,16-18H2,1H3,(H,28,31)(H,29,32);1H3. The predicted octanol–water partition coefficient (Wildman–Crippen LogP) is 5.20.